The van der Waals surface area contributed by atoms with Crippen molar-refractivity contribution in [3.05, 3.63) is 0 Å². The summed E-state index contributed by atoms with van der Waals surface area (Å²) in [6.45, 7) is 13.2. The lowest BCUT2D eigenvalue weighted by atomic mass is 10.1. The van der Waals surface area contributed by atoms with E-state index in [9.17, 15) is 4.79 Å². The van der Waals surface area contributed by atoms with E-state index >= 15 is 0 Å². The Morgan fingerprint density at radius 1 is 1.25 bits per heavy atom. The molecule has 0 spiro atoms. The van der Waals surface area contributed by atoms with E-state index in [4.69, 9.17) is 4.74 Å². The Labute approximate surface area is 170 Å². The Morgan fingerprint density at radius 3 is 2.64 bits per heavy atom. The third-order valence-electron chi connectivity index (χ3n) is 5.64. The molecule has 8 nitrogen and oxygen atoms in total. The van der Waals surface area contributed by atoms with E-state index in [1.165, 1.54) is 0 Å². The van der Waals surface area contributed by atoms with E-state index in [0.29, 0.717) is 24.7 Å². The molecule has 0 bridgehead atoms. The number of ether oxygens (including phenoxy) is 1. The normalized spacial score (nSPS) is 24.0. The highest BCUT2D eigenvalue weighted by Crippen LogP contribution is 2.11. The van der Waals surface area contributed by atoms with Crippen LogP contribution in [0.1, 0.15) is 40.0 Å². The zero-order valence-corrected chi connectivity index (χ0v) is 18.2. The fraction of sp³-hybridized carbons (Fsp3) is 0.900. The van der Waals surface area contributed by atoms with Crippen molar-refractivity contribution in [3.8, 4) is 0 Å². The van der Waals surface area contributed by atoms with Crippen LogP contribution in [0.15, 0.2) is 4.99 Å². The van der Waals surface area contributed by atoms with Gasteiger partial charge in [-0.25, -0.2) is 0 Å². The van der Waals surface area contributed by atoms with Gasteiger partial charge in [0.25, 0.3) is 0 Å². The standard InChI is InChI=1S/C20H40N6O2/c1-5-8-22-19(27)14-25-9-6-18(7-10-25)24-20(21-4)23-13-16(2)26-11-12-28-15-17(26)3/h16-18H,5-15H2,1-4H3,(H,22,27)(H2,21,23,24). The first kappa shape index (κ1) is 22.9. The molecule has 0 aromatic rings. The topological polar surface area (TPSA) is 81.2 Å². The maximum atomic E-state index is 11.9. The largest absolute Gasteiger partial charge is 0.379 e. The summed E-state index contributed by atoms with van der Waals surface area (Å²) in [6.07, 6.45) is 3.03. The first-order chi connectivity index (χ1) is 13.5. The molecule has 2 atom stereocenters. The van der Waals surface area contributed by atoms with Crippen LogP contribution < -0.4 is 16.0 Å². The van der Waals surface area contributed by atoms with E-state index in [1.807, 2.05) is 7.05 Å². The maximum absolute atomic E-state index is 11.9. The second-order valence-corrected chi connectivity index (χ2v) is 8.01. The highest BCUT2D eigenvalue weighted by atomic mass is 16.5. The molecule has 0 aliphatic carbocycles. The van der Waals surface area contributed by atoms with E-state index in [2.05, 4.69) is 51.5 Å². The fourth-order valence-electron chi connectivity index (χ4n) is 3.90. The molecular formula is C20H40N6O2. The number of amides is 1. The minimum absolute atomic E-state index is 0.136. The molecule has 2 unspecified atom stereocenters. The van der Waals surface area contributed by atoms with Crippen LogP contribution in [0.25, 0.3) is 0 Å². The number of rotatable bonds is 8. The average Bonchev–Trinajstić information content (AvgIpc) is 2.71. The van der Waals surface area contributed by atoms with Crippen LogP contribution in [0.2, 0.25) is 0 Å². The molecule has 2 aliphatic rings. The summed E-state index contributed by atoms with van der Waals surface area (Å²) >= 11 is 0. The van der Waals surface area contributed by atoms with Gasteiger partial charge < -0.3 is 20.7 Å². The molecule has 2 aliphatic heterocycles. The van der Waals surface area contributed by atoms with Gasteiger partial charge in [0.05, 0.1) is 19.8 Å². The molecule has 2 rings (SSSR count). The molecule has 2 heterocycles. The number of likely N-dealkylation sites (tertiary alicyclic amines) is 1. The Morgan fingerprint density at radius 2 is 2.00 bits per heavy atom. The summed E-state index contributed by atoms with van der Waals surface area (Å²) in [6, 6.07) is 1.29. The van der Waals surface area contributed by atoms with Crippen LogP contribution in [-0.4, -0.2) is 99.3 Å². The average molecular weight is 397 g/mol. The molecule has 0 aromatic heterocycles. The lowest BCUT2D eigenvalue weighted by molar-refractivity contribution is -0.122. The Kier molecular flexibility index (Phi) is 10.0. The quantitative estimate of drug-likeness (QED) is 0.403. The Balaban J connectivity index is 1.67. The highest BCUT2D eigenvalue weighted by molar-refractivity contribution is 5.80. The molecule has 28 heavy (non-hydrogen) atoms. The molecule has 0 aromatic carbocycles. The Hall–Kier alpha value is -1.38. The Bertz CT molecular complexity index is 493. The summed E-state index contributed by atoms with van der Waals surface area (Å²) in [4.78, 5) is 21.0. The van der Waals surface area contributed by atoms with Crippen molar-refractivity contribution in [3.63, 3.8) is 0 Å². The fourth-order valence-corrected chi connectivity index (χ4v) is 3.90. The van der Waals surface area contributed by atoms with E-state index in [0.717, 1.165) is 71.2 Å². The first-order valence-electron chi connectivity index (χ1n) is 10.8. The molecular weight excluding hydrogens is 356 g/mol. The number of morpholine rings is 1. The van der Waals surface area contributed by atoms with E-state index in [1.54, 1.807) is 0 Å². The lowest BCUT2D eigenvalue weighted by Gasteiger charge is -2.38. The van der Waals surface area contributed by atoms with Gasteiger partial charge in [0.15, 0.2) is 5.96 Å². The number of hydrogen-bond donors (Lipinski definition) is 3. The van der Waals surface area contributed by atoms with Gasteiger partial charge >= 0.3 is 0 Å². The van der Waals surface area contributed by atoms with Crippen LogP contribution in [0.5, 0.6) is 0 Å². The van der Waals surface area contributed by atoms with Crippen LogP contribution in [0.3, 0.4) is 0 Å². The van der Waals surface area contributed by atoms with Crippen molar-refractivity contribution >= 4 is 11.9 Å². The molecule has 0 radical (unpaired) electrons. The number of carbonyl (C=O) groups is 1. The molecule has 162 valence electrons. The van der Waals surface area contributed by atoms with Crippen molar-refractivity contribution in [1.29, 1.82) is 0 Å². The molecule has 2 saturated heterocycles. The summed E-state index contributed by atoms with van der Waals surface area (Å²) in [7, 11) is 1.82. The molecule has 8 heteroatoms. The zero-order valence-electron chi connectivity index (χ0n) is 18.2. The van der Waals surface area contributed by atoms with Crippen molar-refractivity contribution < 1.29 is 9.53 Å². The number of guanidine groups is 1. The van der Waals surface area contributed by atoms with Crippen LogP contribution in [0, 0.1) is 0 Å². The van der Waals surface area contributed by atoms with Gasteiger partial charge in [0, 0.05) is 57.9 Å². The first-order valence-corrected chi connectivity index (χ1v) is 10.8. The third-order valence-corrected chi connectivity index (χ3v) is 5.64. The molecule has 0 saturated carbocycles. The summed E-state index contributed by atoms with van der Waals surface area (Å²) < 4.78 is 5.53. The van der Waals surface area contributed by atoms with E-state index < -0.39 is 0 Å². The number of carbonyl (C=O) groups excluding carboxylic acids is 1. The number of nitrogens with one attached hydrogen (secondary N) is 3. The third kappa shape index (κ3) is 7.56. The monoisotopic (exact) mass is 396 g/mol. The second kappa shape index (κ2) is 12.2. The second-order valence-electron chi connectivity index (χ2n) is 8.01. The smallest absolute Gasteiger partial charge is 0.234 e. The number of hydrogen-bond acceptors (Lipinski definition) is 5. The summed E-state index contributed by atoms with van der Waals surface area (Å²) in [5.41, 5.74) is 0. The van der Waals surface area contributed by atoms with Gasteiger partial charge in [-0.15, -0.1) is 0 Å². The van der Waals surface area contributed by atoms with Crippen molar-refractivity contribution in [2.75, 3.05) is 59.5 Å². The molecule has 3 N–H and O–H groups in total. The maximum Gasteiger partial charge on any atom is 0.234 e. The summed E-state index contributed by atoms with van der Waals surface area (Å²) in [5.74, 6) is 1.00. The van der Waals surface area contributed by atoms with Crippen LogP contribution in [-0.2, 0) is 9.53 Å². The van der Waals surface area contributed by atoms with Gasteiger partial charge in [-0.05, 0) is 33.1 Å². The van der Waals surface area contributed by atoms with E-state index in [-0.39, 0.29) is 5.91 Å². The van der Waals surface area contributed by atoms with Gasteiger partial charge in [0.2, 0.25) is 5.91 Å². The zero-order chi connectivity index (χ0) is 20.4. The number of nitrogens with zero attached hydrogens (tertiary/aromatic N) is 3. The summed E-state index contributed by atoms with van der Waals surface area (Å²) in [5, 5.41) is 9.98. The van der Waals surface area contributed by atoms with Gasteiger partial charge in [-0.1, -0.05) is 6.92 Å². The van der Waals surface area contributed by atoms with Gasteiger partial charge in [-0.2, -0.15) is 0 Å². The van der Waals surface area contributed by atoms with Crippen molar-refractivity contribution in [1.82, 2.24) is 25.8 Å². The number of aliphatic imine (C=N–C) groups is 1. The minimum atomic E-state index is 0.136. The predicted molar refractivity (Wildman–Crippen MR) is 114 cm³/mol. The van der Waals surface area contributed by atoms with Crippen LogP contribution in [0.4, 0.5) is 0 Å². The van der Waals surface area contributed by atoms with Gasteiger partial charge in [-0.3, -0.25) is 19.6 Å². The number of piperidine rings is 1. The highest BCUT2D eigenvalue weighted by Gasteiger charge is 2.24. The molecule has 1 amide bonds. The minimum Gasteiger partial charge on any atom is -0.379 e. The predicted octanol–water partition coefficient (Wildman–Crippen LogP) is 0.251. The SMILES string of the molecule is CCCNC(=O)CN1CCC(NC(=NC)NCC(C)N2CCOCC2C)CC1. The van der Waals surface area contributed by atoms with Gasteiger partial charge in [0.1, 0.15) is 0 Å². The van der Waals surface area contributed by atoms with Crippen molar-refractivity contribution in [2.45, 2.75) is 58.2 Å². The lowest BCUT2D eigenvalue weighted by Crippen LogP contribution is -2.54. The molecule has 2 fully saturated rings. The van der Waals surface area contributed by atoms with Crippen molar-refractivity contribution in [2.24, 2.45) is 4.99 Å². The van der Waals surface area contributed by atoms with Crippen LogP contribution >= 0.6 is 0 Å².